The van der Waals surface area contributed by atoms with Crippen LogP contribution in [0.5, 0.6) is 0 Å². The smallest absolute Gasteiger partial charge is 0.213 e. The molecule has 0 unspecified atom stereocenters. The van der Waals surface area contributed by atoms with Crippen molar-refractivity contribution in [2.75, 3.05) is 45.7 Å². The Morgan fingerprint density at radius 2 is 2.17 bits per heavy atom. The van der Waals surface area contributed by atoms with Crippen molar-refractivity contribution >= 4 is 33.2 Å². The molecular formula is C15H22Cl2N2O4S. The van der Waals surface area contributed by atoms with Gasteiger partial charge in [0, 0.05) is 32.7 Å². The SMILES string of the molecule is COCCS(=O)(=O)NC[C@@H]1CNCCO[C@H]1c1ccc(Cl)c(Cl)c1. The Bertz CT molecular complexity index is 642. The van der Waals surface area contributed by atoms with Crippen molar-refractivity contribution in [1.29, 1.82) is 0 Å². The average Bonchev–Trinajstić information content (AvgIpc) is 2.79. The molecule has 1 aromatic rings. The lowest BCUT2D eigenvalue weighted by molar-refractivity contribution is 0.0322. The molecule has 0 bridgehead atoms. The first kappa shape index (κ1) is 19.9. The molecule has 1 aliphatic heterocycles. The van der Waals surface area contributed by atoms with Crippen LogP contribution in [0, 0.1) is 5.92 Å². The third kappa shape index (κ3) is 5.84. The molecule has 0 spiro atoms. The number of hydrogen-bond donors (Lipinski definition) is 2. The molecule has 0 radical (unpaired) electrons. The van der Waals surface area contributed by atoms with Crippen LogP contribution in [0.25, 0.3) is 0 Å². The van der Waals surface area contributed by atoms with E-state index in [4.69, 9.17) is 32.7 Å². The fourth-order valence-electron chi connectivity index (χ4n) is 2.52. The third-order valence-corrected chi connectivity index (χ3v) is 5.85. The topological polar surface area (TPSA) is 76.7 Å². The summed E-state index contributed by atoms with van der Waals surface area (Å²) in [6, 6.07) is 5.35. The summed E-state index contributed by atoms with van der Waals surface area (Å²) >= 11 is 12.1. The van der Waals surface area contributed by atoms with Gasteiger partial charge >= 0.3 is 0 Å². The molecule has 1 fully saturated rings. The molecule has 1 aromatic carbocycles. The molecule has 6 nitrogen and oxygen atoms in total. The second-order valence-corrected chi connectivity index (χ2v) is 8.33. The summed E-state index contributed by atoms with van der Waals surface area (Å²) in [4.78, 5) is 0. The lowest BCUT2D eigenvalue weighted by atomic mass is 9.95. The van der Waals surface area contributed by atoms with Crippen molar-refractivity contribution in [3.05, 3.63) is 33.8 Å². The predicted octanol–water partition coefficient (Wildman–Crippen LogP) is 1.84. The summed E-state index contributed by atoms with van der Waals surface area (Å²) in [5.74, 6) is -0.135. The van der Waals surface area contributed by atoms with Gasteiger partial charge in [-0.15, -0.1) is 0 Å². The van der Waals surface area contributed by atoms with Crippen LogP contribution in [-0.4, -0.2) is 54.1 Å². The third-order valence-electron chi connectivity index (χ3n) is 3.80. The van der Waals surface area contributed by atoms with Crippen molar-refractivity contribution in [2.24, 2.45) is 5.92 Å². The van der Waals surface area contributed by atoms with Gasteiger partial charge < -0.3 is 14.8 Å². The van der Waals surface area contributed by atoms with E-state index in [1.807, 2.05) is 6.07 Å². The quantitative estimate of drug-likeness (QED) is 0.734. The van der Waals surface area contributed by atoms with Crippen LogP contribution in [0.4, 0.5) is 0 Å². The summed E-state index contributed by atoms with van der Waals surface area (Å²) in [5.41, 5.74) is 0.884. The van der Waals surface area contributed by atoms with Crippen molar-refractivity contribution in [3.63, 3.8) is 0 Å². The van der Waals surface area contributed by atoms with E-state index in [2.05, 4.69) is 10.0 Å². The van der Waals surface area contributed by atoms with Crippen LogP contribution < -0.4 is 10.0 Å². The fraction of sp³-hybridized carbons (Fsp3) is 0.600. The molecule has 0 saturated carbocycles. The van der Waals surface area contributed by atoms with E-state index in [-0.39, 0.29) is 30.9 Å². The van der Waals surface area contributed by atoms with E-state index in [1.54, 1.807) is 12.1 Å². The summed E-state index contributed by atoms with van der Waals surface area (Å²) in [6.45, 7) is 2.31. The number of halogens is 2. The van der Waals surface area contributed by atoms with Crippen LogP contribution in [0.3, 0.4) is 0 Å². The number of methoxy groups -OCH3 is 1. The predicted molar refractivity (Wildman–Crippen MR) is 95.2 cm³/mol. The normalized spacial score (nSPS) is 22.3. The Hall–Kier alpha value is -0.410. The van der Waals surface area contributed by atoms with Gasteiger partial charge in [-0.3, -0.25) is 0 Å². The van der Waals surface area contributed by atoms with Crippen molar-refractivity contribution in [2.45, 2.75) is 6.10 Å². The minimum atomic E-state index is -3.38. The van der Waals surface area contributed by atoms with Crippen LogP contribution in [0.1, 0.15) is 11.7 Å². The summed E-state index contributed by atoms with van der Waals surface area (Å²) in [6.07, 6.45) is -0.264. The Morgan fingerprint density at radius 1 is 1.38 bits per heavy atom. The molecule has 136 valence electrons. The van der Waals surface area contributed by atoms with E-state index >= 15 is 0 Å². The maximum absolute atomic E-state index is 12.0. The molecule has 2 atom stereocenters. The molecule has 1 saturated heterocycles. The first-order chi connectivity index (χ1) is 11.4. The molecule has 0 aliphatic carbocycles. The molecule has 1 heterocycles. The molecule has 2 rings (SSSR count). The Labute approximate surface area is 152 Å². The van der Waals surface area contributed by atoms with Crippen LogP contribution in [-0.2, 0) is 19.5 Å². The van der Waals surface area contributed by atoms with E-state index in [0.717, 1.165) is 5.56 Å². The first-order valence-electron chi connectivity index (χ1n) is 7.66. The monoisotopic (exact) mass is 396 g/mol. The van der Waals surface area contributed by atoms with Crippen molar-refractivity contribution in [1.82, 2.24) is 10.0 Å². The zero-order valence-electron chi connectivity index (χ0n) is 13.4. The molecule has 1 aliphatic rings. The lowest BCUT2D eigenvalue weighted by Gasteiger charge is -2.25. The highest BCUT2D eigenvalue weighted by Crippen LogP contribution is 2.31. The summed E-state index contributed by atoms with van der Waals surface area (Å²) in [7, 11) is -1.91. The van der Waals surface area contributed by atoms with E-state index in [1.165, 1.54) is 7.11 Å². The number of benzene rings is 1. The highest BCUT2D eigenvalue weighted by Gasteiger charge is 2.27. The number of hydrogen-bond acceptors (Lipinski definition) is 5. The number of nitrogens with one attached hydrogen (secondary N) is 2. The average molecular weight is 397 g/mol. The van der Waals surface area contributed by atoms with Gasteiger partial charge in [-0.1, -0.05) is 29.3 Å². The zero-order chi connectivity index (χ0) is 17.6. The Morgan fingerprint density at radius 3 is 2.88 bits per heavy atom. The minimum Gasteiger partial charge on any atom is -0.384 e. The molecule has 0 amide bonds. The largest absolute Gasteiger partial charge is 0.384 e. The molecule has 2 N–H and O–H groups in total. The van der Waals surface area contributed by atoms with Gasteiger partial charge in [0.25, 0.3) is 0 Å². The maximum atomic E-state index is 12.0. The molecule has 9 heteroatoms. The van der Waals surface area contributed by atoms with Crippen LogP contribution in [0.15, 0.2) is 18.2 Å². The van der Waals surface area contributed by atoms with E-state index < -0.39 is 10.0 Å². The summed E-state index contributed by atoms with van der Waals surface area (Å²) in [5, 5.41) is 4.19. The molecule has 0 aromatic heterocycles. The highest BCUT2D eigenvalue weighted by atomic mass is 35.5. The van der Waals surface area contributed by atoms with Gasteiger partial charge in [0.1, 0.15) is 0 Å². The molecular weight excluding hydrogens is 375 g/mol. The highest BCUT2D eigenvalue weighted by molar-refractivity contribution is 7.89. The molecule has 24 heavy (non-hydrogen) atoms. The lowest BCUT2D eigenvalue weighted by Crippen LogP contribution is -2.38. The van der Waals surface area contributed by atoms with Gasteiger partial charge in [0.2, 0.25) is 10.0 Å². The maximum Gasteiger partial charge on any atom is 0.213 e. The van der Waals surface area contributed by atoms with Crippen LogP contribution >= 0.6 is 23.2 Å². The minimum absolute atomic E-state index is 0.0675. The van der Waals surface area contributed by atoms with Gasteiger partial charge in [-0.2, -0.15) is 0 Å². The number of ether oxygens (including phenoxy) is 2. The fourth-order valence-corrected chi connectivity index (χ4v) is 3.83. The number of rotatable bonds is 7. The van der Waals surface area contributed by atoms with E-state index in [0.29, 0.717) is 29.7 Å². The van der Waals surface area contributed by atoms with E-state index in [9.17, 15) is 8.42 Å². The Balaban J connectivity index is 2.10. The van der Waals surface area contributed by atoms with Crippen molar-refractivity contribution in [3.8, 4) is 0 Å². The number of sulfonamides is 1. The van der Waals surface area contributed by atoms with Gasteiger partial charge in [-0.25, -0.2) is 13.1 Å². The zero-order valence-corrected chi connectivity index (χ0v) is 15.8. The second-order valence-electron chi connectivity index (χ2n) is 5.59. The first-order valence-corrected chi connectivity index (χ1v) is 10.1. The second kappa shape index (κ2) is 9.33. The van der Waals surface area contributed by atoms with Gasteiger partial charge in [0.05, 0.1) is 35.1 Å². The van der Waals surface area contributed by atoms with Gasteiger partial charge in [0.15, 0.2) is 0 Å². The van der Waals surface area contributed by atoms with Crippen LogP contribution in [0.2, 0.25) is 10.0 Å². The Kier molecular flexibility index (Phi) is 7.74. The van der Waals surface area contributed by atoms with Gasteiger partial charge in [-0.05, 0) is 17.7 Å². The standard InChI is InChI=1S/C15H22Cl2N2O4S/c1-22-6-7-24(20,21)19-10-12-9-18-4-5-23-15(12)11-2-3-13(16)14(17)8-11/h2-3,8,12,15,18-19H,4-7,9-10H2,1H3/t12-,15-/m0/s1. The van der Waals surface area contributed by atoms with Crippen molar-refractivity contribution < 1.29 is 17.9 Å². The summed E-state index contributed by atoms with van der Waals surface area (Å²) < 4.78 is 37.3.